The Hall–Kier alpha value is -1.75. The summed E-state index contributed by atoms with van der Waals surface area (Å²) < 4.78 is 10.4. The molecule has 0 aliphatic rings. The highest BCUT2D eigenvalue weighted by Crippen LogP contribution is 2.16. The van der Waals surface area contributed by atoms with E-state index >= 15 is 0 Å². The first-order chi connectivity index (χ1) is 8.65. The van der Waals surface area contributed by atoms with E-state index in [0.29, 0.717) is 12.4 Å². The molecule has 5 nitrogen and oxygen atoms in total. The van der Waals surface area contributed by atoms with Crippen molar-refractivity contribution in [1.29, 1.82) is 0 Å². The van der Waals surface area contributed by atoms with Gasteiger partial charge in [0.2, 0.25) is 5.91 Å². The second kappa shape index (κ2) is 7.55. The number of carbonyl (C=O) groups excluding carboxylic acids is 1. The fraction of sp³-hybridized carbons (Fsp3) is 0.462. The minimum atomic E-state index is -0.224. The van der Waals surface area contributed by atoms with Gasteiger partial charge in [0.05, 0.1) is 26.7 Å². The lowest BCUT2D eigenvalue weighted by molar-refractivity contribution is -0.122. The topological polar surface area (TPSA) is 67.8 Å². The molecular weight excluding hydrogens is 234 g/mol. The molecule has 18 heavy (non-hydrogen) atoms. The van der Waals surface area contributed by atoms with Gasteiger partial charge in [-0.15, -0.1) is 0 Å². The molecule has 0 heterocycles. The van der Waals surface area contributed by atoms with Gasteiger partial charge in [-0.3, -0.25) is 4.79 Å². The van der Waals surface area contributed by atoms with Crippen LogP contribution >= 0.6 is 0 Å². The molecule has 100 valence electrons. The number of hydrogen-bond donors (Lipinski definition) is 2. The van der Waals surface area contributed by atoms with Crippen LogP contribution < -0.4 is 14.8 Å². The largest absolute Gasteiger partial charge is 0.497 e. The molecule has 0 radical (unpaired) electrons. The van der Waals surface area contributed by atoms with E-state index in [0.717, 1.165) is 5.75 Å². The van der Waals surface area contributed by atoms with Gasteiger partial charge in [-0.2, -0.15) is 0 Å². The average molecular weight is 253 g/mol. The Morgan fingerprint density at radius 3 is 2.50 bits per heavy atom. The minimum absolute atomic E-state index is 0.0644. The van der Waals surface area contributed by atoms with E-state index in [1.165, 1.54) is 0 Å². The molecule has 1 aromatic rings. The molecule has 0 saturated heterocycles. The third-order valence-corrected chi connectivity index (χ3v) is 2.34. The lowest BCUT2D eigenvalue weighted by Crippen LogP contribution is -2.35. The normalized spacial score (nSPS) is 11.7. The summed E-state index contributed by atoms with van der Waals surface area (Å²) in [6, 6.07) is 6.94. The Morgan fingerprint density at radius 1 is 1.33 bits per heavy atom. The molecule has 5 heteroatoms. The number of nitrogens with one attached hydrogen (secondary N) is 1. The average Bonchev–Trinajstić information content (AvgIpc) is 2.39. The highest BCUT2D eigenvalue weighted by molar-refractivity contribution is 5.76. The predicted octanol–water partition coefficient (Wildman–Crippen LogP) is 0.961. The van der Waals surface area contributed by atoms with E-state index in [1.54, 1.807) is 38.3 Å². The first kappa shape index (κ1) is 14.3. The van der Waals surface area contributed by atoms with Gasteiger partial charge in [-0.25, -0.2) is 0 Å². The zero-order valence-electron chi connectivity index (χ0n) is 10.7. The lowest BCUT2D eigenvalue weighted by Gasteiger charge is -2.11. The maximum absolute atomic E-state index is 11.4. The highest BCUT2D eigenvalue weighted by atomic mass is 16.5. The van der Waals surface area contributed by atoms with Crippen molar-refractivity contribution >= 4 is 5.91 Å². The van der Waals surface area contributed by atoms with Gasteiger partial charge >= 0.3 is 0 Å². The number of rotatable bonds is 7. The van der Waals surface area contributed by atoms with E-state index in [4.69, 9.17) is 14.6 Å². The van der Waals surface area contributed by atoms with Crippen LogP contribution in [0, 0.1) is 0 Å². The molecule has 0 saturated carbocycles. The molecule has 0 aromatic heterocycles. The molecule has 1 rings (SSSR count). The monoisotopic (exact) mass is 253 g/mol. The van der Waals surface area contributed by atoms with E-state index in [-0.39, 0.29) is 25.0 Å². The molecule has 2 N–H and O–H groups in total. The van der Waals surface area contributed by atoms with Crippen LogP contribution in [0.1, 0.15) is 13.3 Å². The van der Waals surface area contributed by atoms with Crippen molar-refractivity contribution in [3.05, 3.63) is 24.3 Å². The molecule has 0 aliphatic heterocycles. The van der Waals surface area contributed by atoms with Crippen LogP contribution in [-0.4, -0.2) is 37.4 Å². The molecule has 0 aliphatic carbocycles. The zero-order valence-corrected chi connectivity index (χ0v) is 10.7. The second-order valence-corrected chi connectivity index (χ2v) is 3.93. The smallest absolute Gasteiger partial charge is 0.223 e. The van der Waals surface area contributed by atoms with Crippen LogP contribution in [0.15, 0.2) is 24.3 Å². The van der Waals surface area contributed by atoms with Crippen molar-refractivity contribution in [3.63, 3.8) is 0 Å². The number of aliphatic hydroxyl groups excluding tert-OH is 1. The SMILES string of the molecule is COc1ccc(OCCC(=O)NC(C)CO)cc1. The van der Waals surface area contributed by atoms with Gasteiger partial charge in [0, 0.05) is 6.04 Å². The van der Waals surface area contributed by atoms with Gasteiger partial charge in [-0.1, -0.05) is 0 Å². The van der Waals surface area contributed by atoms with Gasteiger partial charge < -0.3 is 19.9 Å². The van der Waals surface area contributed by atoms with Crippen LogP contribution in [0.2, 0.25) is 0 Å². The number of methoxy groups -OCH3 is 1. The Balaban J connectivity index is 2.26. The molecule has 1 amide bonds. The van der Waals surface area contributed by atoms with E-state index in [1.807, 2.05) is 0 Å². The Kier molecular flexibility index (Phi) is 6.00. The maximum Gasteiger partial charge on any atom is 0.223 e. The molecular formula is C13H19NO4. The van der Waals surface area contributed by atoms with Crippen LogP contribution in [0.5, 0.6) is 11.5 Å². The third-order valence-electron chi connectivity index (χ3n) is 2.34. The van der Waals surface area contributed by atoms with Gasteiger partial charge in [-0.05, 0) is 31.2 Å². The quantitative estimate of drug-likeness (QED) is 0.759. The zero-order chi connectivity index (χ0) is 13.4. The Bertz CT molecular complexity index is 364. The van der Waals surface area contributed by atoms with E-state index in [2.05, 4.69) is 5.32 Å². The van der Waals surface area contributed by atoms with Crippen molar-refractivity contribution in [3.8, 4) is 11.5 Å². The van der Waals surface area contributed by atoms with Crippen molar-refractivity contribution in [2.24, 2.45) is 0 Å². The minimum Gasteiger partial charge on any atom is -0.497 e. The summed E-state index contributed by atoms with van der Waals surface area (Å²) in [4.78, 5) is 11.4. The lowest BCUT2D eigenvalue weighted by atomic mass is 10.3. The number of ether oxygens (including phenoxy) is 2. The van der Waals surface area contributed by atoms with Crippen LogP contribution in [0.4, 0.5) is 0 Å². The predicted molar refractivity (Wildman–Crippen MR) is 67.8 cm³/mol. The van der Waals surface area contributed by atoms with Crippen molar-refractivity contribution < 1.29 is 19.4 Å². The Morgan fingerprint density at radius 2 is 1.94 bits per heavy atom. The first-order valence-corrected chi connectivity index (χ1v) is 5.82. The summed E-state index contributed by atoms with van der Waals surface area (Å²) in [5, 5.41) is 11.4. The molecule has 1 aromatic carbocycles. The molecule has 0 spiro atoms. The van der Waals surface area contributed by atoms with Crippen molar-refractivity contribution in [2.75, 3.05) is 20.3 Å². The standard InChI is InChI=1S/C13H19NO4/c1-10(9-15)14-13(16)7-8-18-12-5-3-11(17-2)4-6-12/h3-6,10,15H,7-9H2,1-2H3,(H,14,16). The van der Waals surface area contributed by atoms with Crippen molar-refractivity contribution in [1.82, 2.24) is 5.32 Å². The summed E-state index contributed by atoms with van der Waals surface area (Å²) in [5.74, 6) is 1.32. The summed E-state index contributed by atoms with van der Waals surface area (Å²) in [5.41, 5.74) is 0. The van der Waals surface area contributed by atoms with Crippen LogP contribution in [0.3, 0.4) is 0 Å². The van der Waals surface area contributed by atoms with Crippen LogP contribution in [0.25, 0.3) is 0 Å². The number of hydrogen-bond acceptors (Lipinski definition) is 4. The summed E-state index contributed by atoms with van der Waals surface area (Å²) in [7, 11) is 1.60. The maximum atomic E-state index is 11.4. The molecule has 0 bridgehead atoms. The number of aliphatic hydroxyl groups is 1. The molecule has 1 unspecified atom stereocenters. The number of benzene rings is 1. The van der Waals surface area contributed by atoms with E-state index < -0.39 is 0 Å². The number of amides is 1. The molecule has 1 atom stereocenters. The summed E-state index contributed by atoms with van der Waals surface area (Å²) in [6.45, 7) is 1.98. The van der Waals surface area contributed by atoms with Crippen LogP contribution in [-0.2, 0) is 4.79 Å². The van der Waals surface area contributed by atoms with Gasteiger partial charge in [0.1, 0.15) is 11.5 Å². The summed E-state index contributed by atoms with van der Waals surface area (Å²) in [6.07, 6.45) is 0.260. The summed E-state index contributed by atoms with van der Waals surface area (Å²) >= 11 is 0. The van der Waals surface area contributed by atoms with E-state index in [9.17, 15) is 4.79 Å². The first-order valence-electron chi connectivity index (χ1n) is 5.82. The number of carbonyl (C=O) groups is 1. The third kappa shape index (κ3) is 5.05. The molecule has 0 fully saturated rings. The van der Waals surface area contributed by atoms with Gasteiger partial charge in [0.15, 0.2) is 0 Å². The van der Waals surface area contributed by atoms with Crippen molar-refractivity contribution in [2.45, 2.75) is 19.4 Å². The fourth-order valence-electron chi connectivity index (χ4n) is 1.33. The highest BCUT2D eigenvalue weighted by Gasteiger charge is 2.06. The fourth-order valence-corrected chi connectivity index (χ4v) is 1.33. The van der Waals surface area contributed by atoms with Gasteiger partial charge in [0.25, 0.3) is 0 Å². The Labute approximate surface area is 107 Å². The second-order valence-electron chi connectivity index (χ2n) is 3.93.